The second-order valence-electron chi connectivity index (χ2n) is 12.6. The Morgan fingerprint density at radius 2 is 1.67 bits per heavy atom. The predicted octanol–water partition coefficient (Wildman–Crippen LogP) is 7.31. The molecule has 2 amide bonds. The molecule has 0 aromatic heterocycles. The second-order valence-corrected chi connectivity index (χ2v) is 13.0. The molecule has 0 radical (unpaired) electrons. The fourth-order valence-electron chi connectivity index (χ4n) is 6.43. The highest BCUT2D eigenvalue weighted by Gasteiger charge is 2.45. The number of hydrogen-bond acceptors (Lipinski definition) is 3. The van der Waals surface area contributed by atoms with Crippen LogP contribution in [-0.2, 0) is 15.8 Å². The van der Waals surface area contributed by atoms with E-state index in [1.54, 1.807) is 0 Å². The van der Waals surface area contributed by atoms with E-state index in [1.165, 1.54) is 13.0 Å². The van der Waals surface area contributed by atoms with Gasteiger partial charge in [-0.05, 0) is 86.9 Å². The van der Waals surface area contributed by atoms with E-state index in [1.807, 2.05) is 50.8 Å². The van der Waals surface area contributed by atoms with Gasteiger partial charge in [0.05, 0.1) is 17.5 Å². The molecule has 10 heteroatoms. The first kappa shape index (κ1) is 32.3. The van der Waals surface area contributed by atoms with Crippen LogP contribution >= 0.6 is 11.6 Å². The van der Waals surface area contributed by atoms with Crippen molar-refractivity contribution < 1.29 is 27.2 Å². The standard InChI is InChI=1S/C32H40ClF4N3O2/c1-6-29(38-19(2)41)25-16-22(33)8-10-23(25)20-11-13-39(14-12-20)30(42)27-18-40(31(3,4)5)17-26(27)24-9-7-21(15-28(24)34)32(35,36)37/h7-10,15-16,20,26-27,29H,6,11-14,17-18H2,1-5H3,(H,38,41)/t26-,27+,29+/m1/s1. The molecular weight excluding hydrogens is 570 g/mol. The highest BCUT2D eigenvalue weighted by atomic mass is 35.5. The molecule has 0 spiro atoms. The maximum atomic E-state index is 15.1. The number of carbonyl (C=O) groups excluding carboxylic acids is 2. The number of carbonyl (C=O) groups is 2. The second kappa shape index (κ2) is 12.5. The molecule has 2 aromatic rings. The summed E-state index contributed by atoms with van der Waals surface area (Å²) in [6.45, 7) is 11.3. The lowest BCUT2D eigenvalue weighted by Crippen LogP contribution is -2.44. The molecule has 2 saturated heterocycles. The summed E-state index contributed by atoms with van der Waals surface area (Å²) >= 11 is 6.33. The van der Waals surface area contributed by atoms with Gasteiger partial charge in [-0.15, -0.1) is 0 Å². The van der Waals surface area contributed by atoms with Crippen LogP contribution < -0.4 is 5.32 Å². The van der Waals surface area contributed by atoms with E-state index in [4.69, 9.17) is 11.6 Å². The van der Waals surface area contributed by atoms with E-state index >= 15 is 4.39 Å². The van der Waals surface area contributed by atoms with Crippen molar-refractivity contribution in [2.75, 3.05) is 26.2 Å². The smallest absolute Gasteiger partial charge is 0.350 e. The molecule has 42 heavy (non-hydrogen) atoms. The van der Waals surface area contributed by atoms with Gasteiger partial charge in [0.1, 0.15) is 5.82 Å². The van der Waals surface area contributed by atoms with E-state index in [0.717, 1.165) is 17.2 Å². The van der Waals surface area contributed by atoms with Crippen molar-refractivity contribution in [3.63, 3.8) is 0 Å². The van der Waals surface area contributed by atoms with Gasteiger partial charge in [-0.2, -0.15) is 13.2 Å². The zero-order valence-electron chi connectivity index (χ0n) is 24.8. The number of benzene rings is 2. The molecule has 2 aliphatic heterocycles. The third-order valence-corrected chi connectivity index (χ3v) is 9.00. The summed E-state index contributed by atoms with van der Waals surface area (Å²) in [5, 5.41) is 3.60. The summed E-state index contributed by atoms with van der Waals surface area (Å²) in [6, 6.07) is 8.23. The first-order valence-corrected chi connectivity index (χ1v) is 14.9. The molecule has 2 aromatic carbocycles. The van der Waals surface area contributed by atoms with Crippen LogP contribution in [0.3, 0.4) is 0 Å². The topological polar surface area (TPSA) is 52.7 Å². The van der Waals surface area contributed by atoms with Gasteiger partial charge in [-0.3, -0.25) is 14.5 Å². The zero-order valence-corrected chi connectivity index (χ0v) is 25.6. The average Bonchev–Trinajstić information content (AvgIpc) is 3.37. The van der Waals surface area contributed by atoms with E-state index in [0.29, 0.717) is 56.5 Å². The number of likely N-dealkylation sites (tertiary alicyclic amines) is 2. The van der Waals surface area contributed by atoms with Crippen LogP contribution in [0.1, 0.15) is 94.0 Å². The van der Waals surface area contributed by atoms with Crippen LogP contribution in [0.5, 0.6) is 0 Å². The maximum absolute atomic E-state index is 15.1. The van der Waals surface area contributed by atoms with Crippen LogP contribution in [0.4, 0.5) is 17.6 Å². The Labute approximate surface area is 250 Å². The Morgan fingerprint density at radius 3 is 2.21 bits per heavy atom. The molecule has 2 fully saturated rings. The zero-order chi connectivity index (χ0) is 31.0. The van der Waals surface area contributed by atoms with Crippen LogP contribution in [0, 0.1) is 11.7 Å². The first-order chi connectivity index (χ1) is 19.6. The summed E-state index contributed by atoms with van der Waals surface area (Å²) in [5.41, 5.74) is 0.912. The van der Waals surface area contributed by atoms with E-state index in [9.17, 15) is 22.8 Å². The fraction of sp³-hybridized carbons (Fsp3) is 0.562. The van der Waals surface area contributed by atoms with Crippen LogP contribution in [0.25, 0.3) is 0 Å². The molecule has 5 nitrogen and oxygen atoms in total. The molecular formula is C32H40ClF4N3O2. The third kappa shape index (κ3) is 7.10. The van der Waals surface area contributed by atoms with Gasteiger partial charge in [-0.25, -0.2) is 4.39 Å². The fourth-order valence-corrected chi connectivity index (χ4v) is 6.61. The molecule has 4 rings (SSSR count). The molecule has 0 aliphatic carbocycles. The quantitative estimate of drug-likeness (QED) is 0.350. The summed E-state index contributed by atoms with van der Waals surface area (Å²) in [7, 11) is 0. The van der Waals surface area contributed by atoms with E-state index in [2.05, 4.69) is 10.2 Å². The lowest BCUT2D eigenvalue weighted by atomic mass is 9.83. The number of nitrogens with zero attached hydrogens (tertiary/aromatic N) is 2. The highest BCUT2D eigenvalue weighted by Crippen LogP contribution is 2.41. The number of amides is 2. The van der Waals surface area contributed by atoms with Gasteiger partial charge in [0, 0.05) is 49.6 Å². The molecule has 2 aliphatic rings. The van der Waals surface area contributed by atoms with Gasteiger partial charge in [0.15, 0.2) is 0 Å². The lowest BCUT2D eigenvalue weighted by molar-refractivity contribution is -0.138. The van der Waals surface area contributed by atoms with Crippen LogP contribution in [-0.4, -0.2) is 53.3 Å². The SMILES string of the molecule is CC[C@H](NC(C)=O)c1cc(Cl)ccc1C1CCN(C(=O)[C@H]2CN(C(C)(C)C)C[C@@H]2c2ccc(C(F)(F)F)cc2F)CC1. The summed E-state index contributed by atoms with van der Waals surface area (Å²) in [4.78, 5) is 29.7. The number of halogens is 5. The van der Waals surface area contributed by atoms with Crippen molar-refractivity contribution in [1.29, 1.82) is 0 Å². The van der Waals surface area contributed by atoms with Gasteiger partial charge >= 0.3 is 6.18 Å². The van der Waals surface area contributed by atoms with Gasteiger partial charge in [0.25, 0.3) is 0 Å². The minimum absolute atomic E-state index is 0.0921. The van der Waals surface area contributed by atoms with Gasteiger partial charge in [-0.1, -0.05) is 30.7 Å². The number of piperidine rings is 1. The van der Waals surface area contributed by atoms with Crippen LogP contribution in [0.2, 0.25) is 5.02 Å². The largest absolute Gasteiger partial charge is 0.416 e. The predicted molar refractivity (Wildman–Crippen MR) is 156 cm³/mol. The van der Waals surface area contributed by atoms with Crippen molar-refractivity contribution in [2.45, 2.75) is 83.5 Å². The van der Waals surface area contributed by atoms with Crippen molar-refractivity contribution in [1.82, 2.24) is 15.1 Å². The number of rotatable bonds is 6. The highest BCUT2D eigenvalue weighted by molar-refractivity contribution is 6.30. The Hall–Kier alpha value is -2.65. The van der Waals surface area contributed by atoms with Gasteiger partial charge in [0.2, 0.25) is 11.8 Å². The van der Waals surface area contributed by atoms with Crippen molar-refractivity contribution in [3.05, 3.63) is 69.5 Å². The Bertz CT molecular complexity index is 1300. The minimum Gasteiger partial charge on any atom is -0.350 e. The monoisotopic (exact) mass is 609 g/mol. The normalized spacial score (nSPS) is 21.4. The molecule has 0 saturated carbocycles. The van der Waals surface area contributed by atoms with E-state index < -0.39 is 29.4 Å². The number of alkyl halides is 3. The van der Waals surface area contributed by atoms with Crippen LogP contribution in [0.15, 0.2) is 36.4 Å². The summed E-state index contributed by atoms with van der Waals surface area (Å²) in [6.07, 6.45) is -2.51. The van der Waals surface area contributed by atoms with E-state index in [-0.39, 0.29) is 34.9 Å². The number of hydrogen-bond donors (Lipinski definition) is 1. The van der Waals surface area contributed by atoms with Crippen molar-refractivity contribution in [2.24, 2.45) is 5.92 Å². The molecule has 2 heterocycles. The summed E-state index contributed by atoms with van der Waals surface area (Å²) < 4.78 is 54.7. The van der Waals surface area contributed by atoms with Crippen molar-refractivity contribution >= 4 is 23.4 Å². The molecule has 230 valence electrons. The molecule has 0 bridgehead atoms. The Morgan fingerprint density at radius 1 is 1.02 bits per heavy atom. The molecule has 1 N–H and O–H groups in total. The molecule has 3 atom stereocenters. The maximum Gasteiger partial charge on any atom is 0.416 e. The summed E-state index contributed by atoms with van der Waals surface area (Å²) in [5.74, 6) is -2.09. The third-order valence-electron chi connectivity index (χ3n) is 8.77. The lowest BCUT2D eigenvalue weighted by Gasteiger charge is -2.36. The van der Waals surface area contributed by atoms with Gasteiger partial charge < -0.3 is 10.2 Å². The first-order valence-electron chi connectivity index (χ1n) is 14.6. The number of nitrogens with one attached hydrogen (secondary N) is 1. The molecule has 0 unspecified atom stereocenters. The Kier molecular flexibility index (Phi) is 9.62. The average molecular weight is 610 g/mol. The minimum atomic E-state index is -4.64. The van der Waals surface area contributed by atoms with Crippen molar-refractivity contribution in [3.8, 4) is 0 Å². The Balaban J connectivity index is 1.54.